The molecule has 1 amide bonds. The lowest BCUT2D eigenvalue weighted by Crippen LogP contribution is -2.41. The molecule has 2 atom stereocenters. The summed E-state index contributed by atoms with van der Waals surface area (Å²) in [7, 11) is 0. The molecule has 1 heterocycles. The van der Waals surface area contributed by atoms with Crippen LogP contribution in [0.3, 0.4) is 0 Å². The highest BCUT2D eigenvalue weighted by atomic mass is 16.6. The number of ether oxygens (including phenoxy) is 1. The largest absolute Gasteiger partial charge is 0.480 e. The number of carboxylic acid groups (broad SMARTS) is 1. The number of hydrogen-bond acceptors (Lipinski definition) is 3. The number of rotatable bonds is 3. The number of cyclic esters (lactones) is 1. The molecule has 0 radical (unpaired) electrons. The molecule has 5 nitrogen and oxygen atoms in total. The van der Waals surface area contributed by atoms with Crippen LogP contribution >= 0.6 is 0 Å². The zero-order chi connectivity index (χ0) is 12.4. The highest BCUT2D eigenvalue weighted by molar-refractivity contribution is 5.83. The Labute approximate surface area is 99.4 Å². The molecule has 17 heavy (non-hydrogen) atoms. The van der Waals surface area contributed by atoms with E-state index in [1.807, 2.05) is 12.2 Å². The molecule has 1 saturated heterocycles. The summed E-state index contributed by atoms with van der Waals surface area (Å²) in [5.74, 6) is -0.682. The number of nitrogens with zero attached hydrogens (tertiary/aromatic N) is 1. The van der Waals surface area contributed by atoms with Gasteiger partial charge in [-0.05, 0) is 17.9 Å². The highest BCUT2D eigenvalue weighted by Gasteiger charge is 2.38. The molecule has 1 aliphatic heterocycles. The van der Waals surface area contributed by atoms with E-state index in [4.69, 9.17) is 9.84 Å². The van der Waals surface area contributed by atoms with Crippen molar-refractivity contribution < 1.29 is 19.4 Å². The number of carboxylic acids is 1. The molecule has 5 heteroatoms. The number of aliphatic carboxylic acids is 1. The van der Waals surface area contributed by atoms with Crippen LogP contribution < -0.4 is 0 Å². The topological polar surface area (TPSA) is 66.8 Å². The van der Waals surface area contributed by atoms with Gasteiger partial charge in [-0.2, -0.15) is 0 Å². The van der Waals surface area contributed by atoms with Gasteiger partial charge in [-0.1, -0.05) is 25.2 Å². The molecule has 1 fully saturated rings. The fraction of sp³-hybridized carbons (Fsp3) is 0.500. The van der Waals surface area contributed by atoms with Crippen molar-refractivity contribution in [3.63, 3.8) is 0 Å². The molecule has 2 rings (SSSR count). The summed E-state index contributed by atoms with van der Waals surface area (Å²) in [4.78, 5) is 23.7. The van der Waals surface area contributed by atoms with Crippen LogP contribution in [0.15, 0.2) is 23.8 Å². The lowest BCUT2D eigenvalue weighted by molar-refractivity contribution is -0.141. The van der Waals surface area contributed by atoms with Crippen molar-refractivity contribution in [2.45, 2.75) is 19.4 Å². The molecule has 1 aliphatic carbocycles. The van der Waals surface area contributed by atoms with Gasteiger partial charge >= 0.3 is 12.1 Å². The molecular formula is C12H15NO4. The van der Waals surface area contributed by atoms with E-state index in [1.54, 1.807) is 0 Å². The number of hydrogen-bond donors (Lipinski definition) is 1. The molecule has 92 valence electrons. The third-order valence-corrected chi connectivity index (χ3v) is 3.18. The van der Waals surface area contributed by atoms with Crippen LogP contribution in [-0.4, -0.2) is 41.3 Å². The zero-order valence-electron chi connectivity index (χ0n) is 9.63. The summed E-state index contributed by atoms with van der Waals surface area (Å²) in [5, 5.41) is 8.99. The summed E-state index contributed by atoms with van der Waals surface area (Å²) in [5.41, 5.74) is 1.07. The average Bonchev–Trinajstić information content (AvgIpc) is 2.64. The van der Waals surface area contributed by atoms with Crippen molar-refractivity contribution in [3.8, 4) is 0 Å². The van der Waals surface area contributed by atoms with Crippen LogP contribution in [0, 0.1) is 5.92 Å². The second-order valence-corrected chi connectivity index (χ2v) is 4.37. The summed E-state index contributed by atoms with van der Waals surface area (Å²) in [6.45, 7) is 2.33. The van der Waals surface area contributed by atoms with Gasteiger partial charge in [0.15, 0.2) is 6.04 Å². The maximum Gasteiger partial charge on any atom is 0.411 e. The van der Waals surface area contributed by atoms with E-state index >= 15 is 0 Å². The van der Waals surface area contributed by atoms with Crippen LogP contribution in [0.5, 0.6) is 0 Å². The fourth-order valence-electron chi connectivity index (χ4n) is 2.02. The van der Waals surface area contributed by atoms with E-state index in [0.717, 1.165) is 12.0 Å². The normalized spacial score (nSPS) is 27.9. The molecule has 0 aromatic heterocycles. The van der Waals surface area contributed by atoms with Gasteiger partial charge in [-0.3, -0.25) is 4.90 Å². The Morgan fingerprint density at radius 3 is 3.06 bits per heavy atom. The smallest absolute Gasteiger partial charge is 0.411 e. The van der Waals surface area contributed by atoms with E-state index < -0.39 is 18.1 Å². The second-order valence-electron chi connectivity index (χ2n) is 4.37. The maximum atomic E-state index is 11.5. The van der Waals surface area contributed by atoms with Gasteiger partial charge in [0, 0.05) is 6.54 Å². The third kappa shape index (κ3) is 2.33. The maximum absolute atomic E-state index is 11.5. The quantitative estimate of drug-likeness (QED) is 0.806. The first kappa shape index (κ1) is 11.7. The van der Waals surface area contributed by atoms with Gasteiger partial charge in [-0.25, -0.2) is 9.59 Å². The predicted molar refractivity (Wildman–Crippen MR) is 60.5 cm³/mol. The Bertz CT molecular complexity index is 399. The number of carbonyl (C=O) groups excluding carboxylic acids is 1. The Morgan fingerprint density at radius 1 is 1.65 bits per heavy atom. The Balaban J connectivity index is 2.11. The van der Waals surface area contributed by atoms with Crippen molar-refractivity contribution in [2.75, 3.05) is 13.2 Å². The molecule has 0 saturated carbocycles. The summed E-state index contributed by atoms with van der Waals surface area (Å²) in [6.07, 6.45) is 6.32. The molecular weight excluding hydrogens is 222 g/mol. The SMILES string of the molecule is CC1CC=CC=C1CN1C(=O)OC[C@@H]1C(=O)O. The third-order valence-electron chi connectivity index (χ3n) is 3.18. The number of amides is 1. The first-order valence-corrected chi connectivity index (χ1v) is 5.61. The van der Waals surface area contributed by atoms with E-state index in [2.05, 4.69) is 13.0 Å². The lowest BCUT2D eigenvalue weighted by atomic mass is 9.93. The monoisotopic (exact) mass is 237 g/mol. The van der Waals surface area contributed by atoms with Gasteiger partial charge in [0.25, 0.3) is 0 Å². The minimum absolute atomic E-state index is 0.0638. The molecule has 1 unspecified atom stereocenters. The summed E-state index contributed by atoms with van der Waals surface area (Å²) in [6, 6.07) is -0.860. The first-order valence-electron chi connectivity index (χ1n) is 5.61. The average molecular weight is 237 g/mol. The fourth-order valence-corrected chi connectivity index (χ4v) is 2.02. The zero-order valence-corrected chi connectivity index (χ0v) is 9.63. The van der Waals surface area contributed by atoms with Crippen LogP contribution in [0.1, 0.15) is 13.3 Å². The number of allylic oxidation sites excluding steroid dienone is 3. The molecule has 2 aliphatic rings. The molecule has 1 N–H and O–H groups in total. The van der Waals surface area contributed by atoms with Crippen molar-refractivity contribution >= 4 is 12.1 Å². The van der Waals surface area contributed by atoms with E-state index in [0.29, 0.717) is 12.5 Å². The van der Waals surface area contributed by atoms with Crippen LogP contribution in [0.4, 0.5) is 4.79 Å². The molecule has 0 spiro atoms. The van der Waals surface area contributed by atoms with E-state index in [9.17, 15) is 9.59 Å². The Kier molecular flexibility index (Phi) is 3.17. The lowest BCUT2D eigenvalue weighted by Gasteiger charge is -2.24. The van der Waals surface area contributed by atoms with Crippen molar-refractivity contribution in [1.29, 1.82) is 0 Å². The Hall–Kier alpha value is -1.78. The van der Waals surface area contributed by atoms with Gasteiger partial charge in [0.2, 0.25) is 0 Å². The second kappa shape index (κ2) is 4.61. The van der Waals surface area contributed by atoms with Crippen LogP contribution in [-0.2, 0) is 9.53 Å². The van der Waals surface area contributed by atoms with Gasteiger partial charge in [0.1, 0.15) is 6.61 Å². The van der Waals surface area contributed by atoms with Crippen LogP contribution in [0.25, 0.3) is 0 Å². The Morgan fingerprint density at radius 2 is 2.41 bits per heavy atom. The molecule has 0 aromatic carbocycles. The van der Waals surface area contributed by atoms with Gasteiger partial charge < -0.3 is 9.84 Å². The standard InChI is InChI=1S/C12H15NO4/c1-8-4-2-3-5-9(8)6-13-10(11(14)15)7-17-12(13)16/h2-3,5,8,10H,4,6-7H2,1H3,(H,14,15)/t8?,10-/m1/s1. The molecule has 0 bridgehead atoms. The summed E-state index contributed by atoms with van der Waals surface area (Å²) >= 11 is 0. The van der Waals surface area contributed by atoms with Gasteiger partial charge in [-0.15, -0.1) is 0 Å². The van der Waals surface area contributed by atoms with Crippen molar-refractivity contribution in [1.82, 2.24) is 4.90 Å². The highest BCUT2D eigenvalue weighted by Crippen LogP contribution is 2.23. The number of carbonyl (C=O) groups is 2. The minimum atomic E-state index is -1.02. The van der Waals surface area contributed by atoms with Gasteiger partial charge in [0.05, 0.1) is 0 Å². The first-order chi connectivity index (χ1) is 8.09. The predicted octanol–water partition coefficient (Wildman–Crippen LogP) is 1.41. The van der Waals surface area contributed by atoms with E-state index in [1.165, 1.54) is 4.90 Å². The van der Waals surface area contributed by atoms with E-state index in [-0.39, 0.29) is 6.61 Å². The van der Waals surface area contributed by atoms with Crippen molar-refractivity contribution in [2.24, 2.45) is 5.92 Å². The van der Waals surface area contributed by atoms with Crippen LogP contribution in [0.2, 0.25) is 0 Å². The van der Waals surface area contributed by atoms with Crippen molar-refractivity contribution in [3.05, 3.63) is 23.8 Å². The summed E-state index contributed by atoms with van der Waals surface area (Å²) < 4.78 is 4.78. The minimum Gasteiger partial charge on any atom is -0.480 e. The molecule has 0 aromatic rings.